The molecule has 1 aliphatic carbocycles. The summed E-state index contributed by atoms with van der Waals surface area (Å²) >= 11 is 0. The van der Waals surface area contributed by atoms with E-state index in [4.69, 9.17) is 10.5 Å². The van der Waals surface area contributed by atoms with Gasteiger partial charge in [-0.1, -0.05) is 6.42 Å². The predicted molar refractivity (Wildman–Crippen MR) is 71.3 cm³/mol. The van der Waals surface area contributed by atoms with E-state index in [1.54, 1.807) is 4.90 Å². The van der Waals surface area contributed by atoms with Crippen molar-refractivity contribution in [2.24, 2.45) is 11.7 Å². The molecule has 0 aromatic heterocycles. The zero-order valence-corrected chi connectivity index (χ0v) is 12.0. The second kappa shape index (κ2) is 5.12. The lowest BCUT2D eigenvalue weighted by Gasteiger charge is -2.30. The zero-order valence-electron chi connectivity index (χ0n) is 12.0. The Bertz CT molecular complexity index is 375. The first-order valence-corrected chi connectivity index (χ1v) is 7.07. The van der Waals surface area contributed by atoms with E-state index >= 15 is 0 Å². The molecule has 5 nitrogen and oxygen atoms in total. The average Bonchev–Trinajstić information content (AvgIpc) is 2.84. The monoisotopic (exact) mass is 268 g/mol. The van der Waals surface area contributed by atoms with Crippen LogP contribution in [0.4, 0.5) is 0 Å². The molecule has 1 saturated carbocycles. The van der Waals surface area contributed by atoms with Crippen LogP contribution in [-0.4, -0.2) is 41.0 Å². The summed E-state index contributed by atoms with van der Waals surface area (Å²) in [4.78, 5) is 26.0. The summed E-state index contributed by atoms with van der Waals surface area (Å²) in [5.74, 6) is 0.0157. The van der Waals surface area contributed by atoms with Crippen molar-refractivity contribution >= 4 is 11.9 Å². The first kappa shape index (κ1) is 14.3. The highest BCUT2D eigenvalue weighted by molar-refractivity contribution is 5.86. The lowest BCUT2D eigenvalue weighted by Crippen LogP contribution is -2.49. The molecule has 3 atom stereocenters. The number of hydrogen-bond acceptors (Lipinski definition) is 4. The van der Waals surface area contributed by atoms with Gasteiger partial charge < -0.3 is 15.4 Å². The molecule has 19 heavy (non-hydrogen) atoms. The van der Waals surface area contributed by atoms with Crippen LogP contribution in [-0.2, 0) is 14.3 Å². The number of rotatable bonds is 2. The Kier molecular flexibility index (Phi) is 3.85. The highest BCUT2D eigenvalue weighted by Crippen LogP contribution is 2.41. The fourth-order valence-electron chi connectivity index (χ4n) is 3.33. The van der Waals surface area contributed by atoms with E-state index in [1.807, 2.05) is 20.8 Å². The summed E-state index contributed by atoms with van der Waals surface area (Å²) in [5, 5.41) is 0. The van der Waals surface area contributed by atoms with Gasteiger partial charge in [0.1, 0.15) is 11.6 Å². The highest BCUT2D eigenvalue weighted by Gasteiger charge is 2.49. The predicted octanol–water partition coefficient (Wildman–Crippen LogP) is 1.06. The van der Waals surface area contributed by atoms with Gasteiger partial charge in [0.05, 0.1) is 6.54 Å². The van der Waals surface area contributed by atoms with Crippen LogP contribution in [0.25, 0.3) is 0 Å². The highest BCUT2D eigenvalue weighted by atomic mass is 16.6. The van der Waals surface area contributed by atoms with Crippen molar-refractivity contribution in [2.45, 2.75) is 64.1 Å². The molecule has 2 aliphatic rings. The molecular weight excluding hydrogens is 244 g/mol. The van der Waals surface area contributed by atoms with Gasteiger partial charge in [-0.25, -0.2) is 4.79 Å². The molecular formula is C14H24N2O3. The normalized spacial score (nSPS) is 30.3. The summed E-state index contributed by atoms with van der Waals surface area (Å²) in [6.45, 7) is 5.49. The number of fused-ring (bicyclic) bond motifs is 1. The van der Waals surface area contributed by atoms with Crippen LogP contribution >= 0.6 is 0 Å². The van der Waals surface area contributed by atoms with Crippen molar-refractivity contribution in [1.82, 2.24) is 4.90 Å². The first-order valence-electron chi connectivity index (χ1n) is 7.07. The van der Waals surface area contributed by atoms with E-state index in [-0.39, 0.29) is 24.5 Å². The van der Waals surface area contributed by atoms with Crippen molar-refractivity contribution in [3.05, 3.63) is 0 Å². The Labute approximate surface area is 114 Å². The van der Waals surface area contributed by atoms with E-state index in [0.29, 0.717) is 5.92 Å². The molecule has 0 aromatic carbocycles. The molecule has 1 aliphatic heterocycles. The SMILES string of the molecule is CC(C)(C)OC(=O)[C@@H]1C[C@@H]2CCC[C@@H]2N1C(=O)CN. The summed E-state index contributed by atoms with van der Waals surface area (Å²) in [6.07, 6.45) is 3.93. The maximum atomic E-state index is 12.3. The molecule has 0 aromatic rings. The van der Waals surface area contributed by atoms with E-state index in [1.165, 1.54) is 0 Å². The third kappa shape index (κ3) is 2.91. The molecule has 0 spiro atoms. The number of carbonyl (C=O) groups excluding carboxylic acids is 2. The van der Waals surface area contributed by atoms with Crippen molar-refractivity contribution in [3.63, 3.8) is 0 Å². The van der Waals surface area contributed by atoms with Gasteiger partial charge in [-0.05, 0) is 46.0 Å². The Morgan fingerprint density at radius 1 is 1.32 bits per heavy atom. The Balaban J connectivity index is 2.14. The van der Waals surface area contributed by atoms with Gasteiger partial charge in [0, 0.05) is 6.04 Å². The largest absolute Gasteiger partial charge is 0.458 e. The number of nitrogens with two attached hydrogens (primary N) is 1. The van der Waals surface area contributed by atoms with Gasteiger partial charge in [0.2, 0.25) is 5.91 Å². The Hall–Kier alpha value is -1.10. The molecule has 1 amide bonds. The van der Waals surface area contributed by atoms with Crippen LogP contribution in [0.5, 0.6) is 0 Å². The van der Waals surface area contributed by atoms with E-state index in [2.05, 4.69) is 0 Å². The molecule has 2 fully saturated rings. The van der Waals surface area contributed by atoms with Crippen LogP contribution in [0.15, 0.2) is 0 Å². The van der Waals surface area contributed by atoms with Crippen LogP contribution in [0.2, 0.25) is 0 Å². The van der Waals surface area contributed by atoms with E-state index in [0.717, 1.165) is 25.7 Å². The summed E-state index contributed by atoms with van der Waals surface area (Å²) in [5.41, 5.74) is 4.96. The van der Waals surface area contributed by atoms with Crippen LogP contribution in [0.1, 0.15) is 46.5 Å². The Morgan fingerprint density at radius 3 is 2.58 bits per heavy atom. The molecule has 0 bridgehead atoms. The molecule has 2 rings (SSSR count). The topological polar surface area (TPSA) is 72.6 Å². The summed E-state index contributed by atoms with van der Waals surface area (Å²) in [7, 11) is 0. The number of esters is 1. The third-order valence-corrected chi connectivity index (χ3v) is 3.98. The molecule has 0 unspecified atom stereocenters. The van der Waals surface area contributed by atoms with Crippen molar-refractivity contribution < 1.29 is 14.3 Å². The summed E-state index contributed by atoms with van der Waals surface area (Å²) in [6, 6.07) is -0.251. The number of likely N-dealkylation sites (tertiary alicyclic amines) is 1. The lowest BCUT2D eigenvalue weighted by molar-refractivity contribution is -0.163. The molecule has 1 saturated heterocycles. The maximum Gasteiger partial charge on any atom is 0.329 e. The Morgan fingerprint density at radius 2 is 2.00 bits per heavy atom. The smallest absolute Gasteiger partial charge is 0.329 e. The first-order chi connectivity index (χ1) is 8.83. The number of hydrogen-bond donors (Lipinski definition) is 1. The van der Waals surface area contributed by atoms with Gasteiger partial charge in [-0.15, -0.1) is 0 Å². The second-order valence-corrected chi connectivity index (χ2v) is 6.55. The summed E-state index contributed by atoms with van der Waals surface area (Å²) < 4.78 is 5.44. The van der Waals surface area contributed by atoms with Gasteiger partial charge >= 0.3 is 5.97 Å². The van der Waals surface area contributed by atoms with Crippen LogP contribution in [0, 0.1) is 5.92 Å². The van der Waals surface area contributed by atoms with Crippen molar-refractivity contribution in [2.75, 3.05) is 6.54 Å². The fraction of sp³-hybridized carbons (Fsp3) is 0.857. The molecule has 1 heterocycles. The minimum Gasteiger partial charge on any atom is -0.458 e. The van der Waals surface area contributed by atoms with E-state index in [9.17, 15) is 9.59 Å². The molecule has 2 N–H and O–H groups in total. The molecule has 0 radical (unpaired) electrons. The number of ether oxygens (including phenoxy) is 1. The van der Waals surface area contributed by atoms with Crippen LogP contribution in [0.3, 0.4) is 0 Å². The van der Waals surface area contributed by atoms with Gasteiger partial charge in [0.15, 0.2) is 0 Å². The van der Waals surface area contributed by atoms with Crippen molar-refractivity contribution in [3.8, 4) is 0 Å². The van der Waals surface area contributed by atoms with Gasteiger partial charge in [-0.3, -0.25) is 4.79 Å². The zero-order chi connectivity index (χ0) is 14.2. The van der Waals surface area contributed by atoms with E-state index < -0.39 is 11.6 Å². The number of amides is 1. The standard InChI is InChI=1S/C14H24N2O3/c1-14(2,3)19-13(18)11-7-9-5-4-6-10(9)16(11)12(17)8-15/h9-11H,4-8,15H2,1-3H3/t9-,10-,11-/m0/s1. The minimum absolute atomic E-state index is 0.0392. The maximum absolute atomic E-state index is 12.3. The molecule has 108 valence electrons. The quantitative estimate of drug-likeness (QED) is 0.760. The second-order valence-electron chi connectivity index (χ2n) is 6.55. The number of nitrogens with zero attached hydrogens (tertiary/aromatic N) is 1. The van der Waals surface area contributed by atoms with Crippen LogP contribution < -0.4 is 5.73 Å². The fourth-order valence-corrected chi connectivity index (χ4v) is 3.33. The lowest BCUT2D eigenvalue weighted by atomic mass is 10.0. The van der Waals surface area contributed by atoms with Gasteiger partial charge in [-0.2, -0.15) is 0 Å². The third-order valence-electron chi connectivity index (χ3n) is 3.98. The van der Waals surface area contributed by atoms with Gasteiger partial charge in [0.25, 0.3) is 0 Å². The number of carbonyl (C=O) groups is 2. The minimum atomic E-state index is -0.522. The molecule has 5 heteroatoms. The van der Waals surface area contributed by atoms with Crippen molar-refractivity contribution in [1.29, 1.82) is 0 Å². The average molecular weight is 268 g/mol.